The second-order valence-corrected chi connectivity index (χ2v) is 4.80. The average Bonchev–Trinajstić information content (AvgIpc) is 2.46. The number of hydrogen-bond acceptors (Lipinski definition) is 2. The highest BCUT2D eigenvalue weighted by molar-refractivity contribution is 5.98. The van der Waals surface area contributed by atoms with Crippen LogP contribution in [0.2, 0.25) is 0 Å². The molecule has 2 nitrogen and oxygen atoms in total. The maximum Gasteiger partial charge on any atom is 0.165 e. The molecule has 0 saturated heterocycles. The maximum absolute atomic E-state index is 12.0. The molecule has 0 fully saturated rings. The van der Waals surface area contributed by atoms with Crippen LogP contribution in [0.1, 0.15) is 30.6 Å². The fourth-order valence-corrected chi connectivity index (χ4v) is 1.95. The normalized spacial score (nSPS) is 12.1. The number of aromatic hydroxyl groups is 1. The number of benzene rings is 2. The van der Waals surface area contributed by atoms with Gasteiger partial charge in [-0.3, -0.25) is 4.79 Å². The second kappa shape index (κ2) is 5.70. The molecule has 0 aliphatic rings. The SMILES string of the molecule is CC[C@H](C)C(=O)c1ccc(-c2ccc(O)cc2)cc1. The van der Waals surface area contributed by atoms with E-state index >= 15 is 0 Å². The third-order valence-corrected chi connectivity index (χ3v) is 3.43. The standard InChI is InChI=1S/C17H18O2/c1-3-12(2)17(19)15-6-4-13(5-7-15)14-8-10-16(18)11-9-14/h4-12,18H,3H2,1-2H3/t12-/m0/s1. The zero-order chi connectivity index (χ0) is 13.8. The van der Waals surface area contributed by atoms with Crippen molar-refractivity contribution >= 4 is 5.78 Å². The van der Waals surface area contributed by atoms with E-state index in [-0.39, 0.29) is 17.5 Å². The van der Waals surface area contributed by atoms with Gasteiger partial charge in [-0.25, -0.2) is 0 Å². The summed E-state index contributed by atoms with van der Waals surface area (Å²) in [6.45, 7) is 3.98. The lowest BCUT2D eigenvalue weighted by molar-refractivity contribution is 0.0927. The lowest BCUT2D eigenvalue weighted by Crippen LogP contribution is -2.09. The number of Topliss-reactive ketones (excluding diaryl/α,β-unsaturated/α-hetero) is 1. The van der Waals surface area contributed by atoms with Crippen LogP contribution in [-0.4, -0.2) is 10.9 Å². The molecule has 2 rings (SSSR count). The van der Waals surface area contributed by atoms with Gasteiger partial charge in [-0.2, -0.15) is 0 Å². The smallest absolute Gasteiger partial charge is 0.165 e. The Morgan fingerprint density at radius 2 is 1.47 bits per heavy atom. The molecular weight excluding hydrogens is 236 g/mol. The fourth-order valence-electron chi connectivity index (χ4n) is 1.95. The minimum absolute atomic E-state index is 0.0690. The molecule has 0 aromatic heterocycles. The fraction of sp³-hybridized carbons (Fsp3) is 0.235. The molecule has 0 aliphatic carbocycles. The Morgan fingerprint density at radius 3 is 1.95 bits per heavy atom. The van der Waals surface area contributed by atoms with Gasteiger partial charge in [0.2, 0.25) is 0 Å². The number of phenols is 1. The largest absolute Gasteiger partial charge is 0.508 e. The van der Waals surface area contributed by atoms with Crippen molar-refractivity contribution in [1.82, 2.24) is 0 Å². The Bertz CT molecular complexity index is 553. The summed E-state index contributed by atoms with van der Waals surface area (Å²) in [5.41, 5.74) is 2.83. The van der Waals surface area contributed by atoms with Gasteiger partial charge in [0.25, 0.3) is 0 Å². The van der Waals surface area contributed by atoms with Gasteiger partial charge in [0.15, 0.2) is 5.78 Å². The van der Waals surface area contributed by atoms with Crippen molar-refractivity contribution in [3.63, 3.8) is 0 Å². The van der Waals surface area contributed by atoms with E-state index < -0.39 is 0 Å². The number of phenolic OH excluding ortho intramolecular Hbond substituents is 1. The maximum atomic E-state index is 12.0. The van der Waals surface area contributed by atoms with Gasteiger partial charge in [-0.1, -0.05) is 50.2 Å². The summed E-state index contributed by atoms with van der Waals surface area (Å²) in [5, 5.41) is 9.26. The number of carbonyl (C=O) groups is 1. The Balaban J connectivity index is 2.23. The molecule has 2 heteroatoms. The van der Waals surface area contributed by atoms with Crippen LogP contribution in [0, 0.1) is 5.92 Å². The minimum atomic E-state index is 0.0690. The molecule has 2 aromatic rings. The summed E-state index contributed by atoms with van der Waals surface area (Å²) in [6.07, 6.45) is 0.860. The van der Waals surface area contributed by atoms with Gasteiger partial charge in [0.05, 0.1) is 0 Å². The van der Waals surface area contributed by atoms with Gasteiger partial charge < -0.3 is 5.11 Å². The third kappa shape index (κ3) is 3.02. The Labute approximate surface area is 113 Å². The second-order valence-electron chi connectivity index (χ2n) is 4.80. The van der Waals surface area contributed by atoms with Crippen LogP contribution in [0.5, 0.6) is 5.75 Å². The minimum Gasteiger partial charge on any atom is -0.508 e. The van der Waals surface area contributed by atoms with E-state index in [4.69, 9.17) is 0 Å². The summed E-state index contributed by atoms with van der Waals surface area (Å²) < 4.78 is 0. The first-order chi connectivity index (χ1) is 9.11. The van der Waals surface area contributed by atoms with Crippen molar-refractivity contribution < 1.29 is 9.90 Å². The summed E-state index contributed by atoms with van der Waals surface area (Å²) in [5.74, 6) is 0.520. The molecule has 1 atom stereocenters. The van der Waals surface area contributed by atoms with Gasteiger partial charge >= 0.3 is 0 Å². The first kappa shape index (κ1) is 13.3. The number of hydrogen-bond donors (Lipinski definition) is 1. The topological polar surface area (TPSA) is 37.3 Å². The van der Waals surface area contributed by atoms with Crippen molar-refractivity contribution in [2.24, 2.45) is 5.92 Å². The van der Waals surface area contributed by atoms with Gasteiger partial charge in [-0.05, 0) is 29.7 Å². The first-order valence-corrected chi connectivity index (χ1v) is 6.55. The van der Waals surface area contributed by atoms with Crippen molar-refractivity contribution in [3.8, 4) is 16.9 Å². The molecule has 0 unspecified atom stereocenters. The molecule has 19 heavy (non-hydrogen) atoms. The number of carbonyl (C=O) groups excluding carboxylic acids is 1. The monoisotopic (exact) mass is 254 g/mol. The molecule has 0 aliphatic heterocycles. The molecular formula is C17H18O2. The zero-order valence-electron chi connectivity index (χ0n) is 11.3. The summed E-state index contributed by atoms with van der Waals surface area (Å²) in [7, 11) is 0. The Hall–Kier alpha value is -2.09. The van der Waals surface area contributed by atoms with Crippen molar-refractivity contribution in [2.45, 2.75) is 20.3 Å². The van der Waals surface area contributed by atoms with Crippen LogP contribution in [0.4, 0.5) is 0 Å². The molecule has 0 amide bonds. The predicted molar refractivity (Wildman–Crippen MR) is 77.3 cm³/mol. The Kier molecular flexibility index (Phi) is 4.00. The van der Waals surface area contributed by atoms with Crippen LogP contribution in [-0.2, 0) is 0 Å². The molecule has 0 radical (unpaired) electrons. The first-order valence-electron chi connectivity index (χ1n) is 6.55. The summed E-state index contributed by atoms with van der Waals surface area (Å²) >= 11 is 0. The quantitative estimate of drug-likeness (QED) is 0.826. The Morgan fingerprint density at radius 1 is 1.00 bits per heavy atom. The number of ketones is 1. The highest BCUT2D eigenvalue weighted by Gasteiger charge is 2.12. The molecule has 98 valence electrons. The molecule has 2 aromatic carbocycles. The van der Waals surface area contributed by atoms with Gasteiger partial charge in [-0.15, -0.1) is 0 Å². The zero-order valence-corrected chi connectivity index (χ0v) is 11.3. The van der Waals surface area contributed by atoms with E-state index in [9.17, 15) is 9.90 Å². The van der Waals surface area contributed by atoms with Crippen LogP contribution in [0.15, 0.2) is 48.5 Å². The van der Waals surface area contributed by atoms with E-state index in [1.54, 1.807) is 12.1 Å². The number of rotatable bonds is 4. The molecule has 0 bridgehead atoms. The summed E-state index contributed by atoms with van der Waals surface area (Å²) in [6, 6.07) is 14.7. The highest BCUT2D eigenvalue weighted by atomic mass is 16.3. The lowest BCUT2D eigenvalue weighted by atomic mass is 9.95. The van der Waals surface area contributed by atoms with Crippen LogP contribution in [0.25, 0.3) is 11.1 Å². The highest BCUT2D eigenvalue weighted by Crippen LogP contribution is 2.23. The van der Waals surface area contributed by atoms with E-state index in [1.807, 2.05) is 50.2 Å². The van der Waals surface area contributed by atoms with Crippen LogP contribution < -0.4 is 0 Å². The van der Waals surface area contributed by atoms with Gasteiger partial charge in [0.1, 0.15) is 5.75 Å². The molecule has 1 N–H and O–H groups in total. The molecule has 0 spiro atoms. The summed E-state index contributed by atoms with van der Waals surface area (Å²) in [4.78, 5) is 12.0. The van der Waals surface area contributed by atoms with Crippen LogP contribution >= 0.6 is 0 Å². The van der Waals surface area contributed by atoms with Crippen molar-refractivity contribution in [2.75, 3.05) is 0 Å². The van der Waals surface area contributed by atoms with Crippen molar-refractivity contribution in [1.29, 1.82) is 0 Å². The van der Waals surface area contributed by atoms with Crippen LogP contribution in [0.3, 0.4) is 0 Å². The van der Waals surface area contributed by atoms with E-state index in [2.05, 4.69) is 0 Å². The lowest BCUT2D eigenvalue weighted by Gasteiger charge is -2.08. The van der Waals surface area contributed by atoms with Gasteiger partial charge in [0, 0.05) is 11.5 Å². The van der Waals surface area contributed by atoms with E-state index in [1.165, 1.54) is 0 Å². The third-order valence-electron chi connectivity index (χ3n) is 3.43. The van der Waals surface area contributed by atoms with E-state index in [0.29, 0.717) is 0 Å². The van der Waals surface area contributed by atoms with Crippen molar-refractivity contribution in [3.05, 3.63) is 54.1 Å². The average molecular weight is 254 g/mol. The molecule has 0 heterocycles. The molecule has 0 saturated carbocycles. The van der Waals surface area contributed by atoms with E-state index in [0.717, 1.165) is 23.1 Å². The predicted octanol–water partition coefficient (Wildman–Crippen LogP) is 4.29.